The summed E-state index contributed by atoms with van der Waals surface area (Å²) in [6, 6.07) is 12.3. The standard InChI is InChI=1S/C22H20N2O5S/c1-13-3-6-16(11-14(13)2)24-20(26)12-18(22(24)29)30-17-7-4-15(5-8-17)23-19(25)9-10-21(27)28/h3-11,18H,12H2,1-2H3,(H,23,25)(H,27,28)/b10-9+. The van der Waals surface area contributed by atoms with Gasteiger partial charge in [-0.15, -0.1) is 11.8 Å². The Kier molecular flexibility index (Phi) is 6.37. The van der Waals surface area contributed by atoms with Crippen LogP contribution in [0.1, 0.15) is 17.5 Å². The van der Waals surface area contributed by atoms with Gasteiger partial charge in [0.2, 0.25) is 17.7 Å². The van der Waals surface area contributed by atoms with Crippen LogP contribution in [0.25, 0.3) is 0 Å². The molecule has 2 aromatic rings. The normalized spacial score (nSPS) is 16.3. The molecular formula is C22H20N2O5S. The summed E-state index contributed by atoms with van der Waals surface area (Å²) in [4.78, 5) is 49.4. The predicted molar refractivity (Wildman–Crippen MR) is 115 cm³/mol. The number of carboxylic acid groups (broad SMARTS) is 1. The number of carbonyl (C=O) groups is 4. The Morgan fingerprint density at radius 3 is 2.40 bits per heavy atom. The average Bonchev–Trinajstić information content (AvgIpc) is 2.97. The number of carbonyl (C=O) groups excluding carboxylic acids is 3. The van der Waals surface area contributed by atoms with Crippen LogP contribution >= 0.6 is 11.8 Å². The van der Waals surface area contributed by atoms with E-state index in [0.29, 0.717) is 11.4 Å². The van der Waals surface area contributed by atoms with Crippen molar-refractivity contribution in [2.45, 2.75) is 30.4 Å². The molecule has 1 fully saturated rings. The van der Waals surface area contributed by atoms with E-state index < -0.39 is 17.1 Å². The molecule has 2 N–H and O–H groups in total. The van der Waals surface area contributed by atoms with Crippen LogP contribution in [0.3, 0.4) is 0 Å². The molecule has 0 saturated carbocycles. The van der Waals surface area contributed by atoms with Crippen LogP contribution < -0.4 is 10.2 Å². The fraction of sp³-hybridized carbons (Fsp3) is 0.182. The zero-order chi connectivity index (χ0) is 21.8. The van der Waals surface area contributed by atoms with E-state index in [1.165, 1.54) is 16.7 Å². The van der Waals surface area contributed by atoms with E-state index in [1.54, 1.807) is 30.3 Å². The number of aliphatic carboxylic acids is 1. The van der Waals surface area contributed by atoms with Gasteiger partial charge in [-0.2, -0.15) is 0 Å². The monoisotopic (exact) mass is 424 g/mol. The number of aryl methyl sites for hydroxylation is 2. The van der Waals surface area contributed by atoms with Gasteiger partial charge in [0.05, 0.1) is 10.9 Å². The number of thioether (sulfide) groups is 1. The van der Waals surface area contributed by atoms with Gasteiger partial charge in [0.15, 0.2) is 0 Å². The first kappa shape index (κ1) is 21.3. The van der Waals surface area contributed by atoms with Gasteiger partial charge >= 0.3 is 5.97 Å². The summed E-state index contributed by atoms with van der Waals surface area (Å²) in [5.74, 6) is -2.24. The van der Waals surface area contributed by atoms with Crippen molar-refractivity contribution < 1.29 is 24.3 Å². The van der Waals surface area contributed by atoms with E-state index in [1.807, 2.05) is 26.0 Å². The number of amides is 3. The quantitative estimate of drug-likeness (QED) is 0.545. The van der Waals surface area contributed by atoms with Crippen molar-refractivity contribution in [1.29, 1.82) is 0 Å². The maximum atomic E-state index is 12.8. The predicted octanol–water partition coefficient (Wildman–Crippen LogP) is 3.31. The van der Waals surface area contributed by atoms with E-state index in [2.05, 4.69) is 5.32 Å². The lowest BCUT2D eigenvalue weighted by atomic mass is 10.1. The first-order valence-corrected chi connectivity index (χ1v) is 10.1. The first-order chi connectivity index (χ1) is 14.2. The molecule has 1 heterocycles. The van der Waals surface area contributed by atoms with Crippen molar-refractivity contribution in [3.63, 3.8) is 0 Å². The molecule has 1 atom stereocenters. The lowest BCUT2D eigenvalue weighted by molar-refractivity contribution is -0.131. The van der Waals surface area contributed by atoms with E-state index >= 15 is 0 Å². The van der Waals surface area contributed by atoms with Gasteiger partial charge in [-0.1, -0.05) is 6.07 Å². The number of benzene rings is 2. The van der Waals surface area contributed by atoms with Crippen molar-refractivity contribution in [2.24, 2.45) is 0 Å². The van der Waals surface area contributed by atoms with E-state index in [0.717, 1.165) is 28.2 Å². The highest BCUT2D eigenvalue weighted by Gasteiger charge is 2.40. The molecule has 0 aliphatic carbocycles. The van der Waals surface area contributed by atoms with E-state index in [4.69, 9.17) is 5.11 Å². The zero-order valence-corrected chi connectivity index (χ0v) is 17.2. The third kappa shape index (κ3) is 4.96. The number of imide groups is 1. The van der Waals surface area contributed by atoms with Gasteiger partial charge in [0.1, 0.15) is 0 Å². The van der Waals surface area contributed by atoms with Gasteiger partial charge in [0.25, 0.3) is 0 Å². The largest absolute Gasteiger partial charge is 0.478 e. The topological polar surface area (TPSA) is 104 Å². The lowest BCUT2D eigenvalue weighted by Crippen LogP contribution is -2.31. The molecule has 0 aromatic heterocycles. The molecule has 8 heteroatoms. The van der Waals surface area contributed by atoms with Crippen LogP contribution in [-0.4, -0.2) is 34.0 Å². The molecule has 2 aromatic carbocycles. The zero-order valence-electron chi connectivity index (χ0n) is 16.4. The molecule has 0 radical (unpaired) electrons. The van der Waals surface area contributed by atoms with Crippen molar-refractivity contribution in [3.05, 3.63) is 65.7 Å². The number of hydrogen-bond donors (Lipinski definition) is 2. The first-order valence-electron chi connectivity index (χ1n) is 9.17. The Labute approximate surface area is 177 Å². The second kappa shape index (κ2) is 8.96. The minimum atomic E-state index is -1.21. The SMILES string of the molecule is Cc1ccc(N2C(=O)CC(Sc3ccc(NC(=O)/C=C/C(=O)O)cc3)C2=O)cc1C. The molecular weight excluding hydrogens is 404 g/mol. The van der Waals surface area contributed by atoms with Crippen LogP contribution in [0.2, 0.25) is 0 Å². The average molecular weight is 424 g/mol. The molecule has 1 aliphatic rings. The summed E-state index contributed by atoms with van der Waals surface area (Å²) < 4.78 is 0. The van der Waals surface area contributed by atoms with Crippen LogP contribution in [0.5, 0.6) is 0 Å². The molecule has 30 heavy (non-hydrogen) atoms. The van der Waals surface area contributed by atoms with Crippen LogP contribution in [-0.2, 0) is 19.2 Å². The molecule has 0 bridgehead atoms. The van der Waals surface area contributed by atoms with Gasteiger partial charge in [0, 0.05) is 29.2 Å². The smallest absolute Gasteiger partial charge is 0.328 e. The van der Waals surface area contributed by atoms with Crippen LogP contribution in [0, 0.1) is 13.8 Å². The third-order valence-corrected chi connectivity index (χ3v) is 5.83. The molecule has 3 amide bonds. The fourth-order valence-corrected chi connectivity index (χ4v) is 4.00. The second-order valence-electron chi connectivity index (χ2n) is 6.83. The summed E-state index contributed by atoms with van der Waals surface area (Å²) >= 11 is 1.29. The Morgan fingerprint density at radius 1 is 1.07 bits per heavy atom. The molecule has 1 aliphatic heterocycles. The molecule has 0 spiro atoms. The lowest BCUT2D eigenvalue weighted by Gasteiger charge is -2.16. The summed E-state index contributed by atoms with van der Waals surface area (Å²) in [6.45, 7) is 3.91. The highest BCUT2D eigenvalue weighted by atomic mass is 32.2. The minimum absolute atomic E-state index is 0.120. The molecule has 1 unspecified atom stereocenters. The van der Waals surface area contributed by atoms with E-state index in [9.17, 15) is 19.2 Å². The molecule has 1 saturated heterocycles. The number of anilines is 2. The number of nitrogens with zero attached hydrogens (tertiary/aromatic N) is 1. The van der Waals surface area contributed by atoms with Crippen molar-refractivity contribution in [1.82, 2.24) is 0 Å². The fourth-order valence-electron chi connectivity index (χ4n) is 2.94. The summed E-state index contributed by atoms with van der Waals surface area (Å²) in [5.41, 5.74) is 3.18. The van der Waals surface area contributed by atoms with Crippen LogP contribution in [0.4, 0.5) is 11.4 Å². The van der Waals surface area contributed by atoms with Gasteiger partial charge in [-0.3, -0.25) is 14.4 Å². The summed E-state index contributed by atoms with van der Waals surface area (Å²) in [6.07, 6.45) is 1.80. The Hall–Kier alpha value is -3.39. The minimum Gasteiger partial charge on any atom is -0.478 e. The van der Waals surface area contributed by atoms with Crippen molar-refractivity contribution >= 4 is 46.8 Å². The van der Waals surface area contributed by atoms with Crippen molar-refractivity contribution in [3.8, 4) is 0 Å². The van der Waals surface area contributed by atoms with Gasteiger partial charge < -0.3 is 10.4 Å². The number of nitrogens with one attached hydrogen (secondary N) is 1. The number of hydrogen-bond acceptors (Lipinski definition) is 5. The highest BCUT2D eigenvalue weighted by molar-refractivity contribution is 8.00. The number of rotatable bonds is 6. The Bertz CT molecular complexity index is 1050. The summed E-state index contributed by atoms with van der Waals surface area (Å²) in [7, 11) is 0. The molecule has 3 rings (SSSR count). The van der Waals surface area contributed by atoms with Crippen LogP contribution in [0.15, 0.2) is 59.5 Å². The molecule has 154 valence electrons. The van der Waals surface area contributed by atoms with Gasteiger partial charge in [-0.05, 0) is 61.4 Å². The maximum absolute atomic E-state index is 12.8. The Morgan fingerprint density at radius 2 is 1.77 bits per heavy atom. The van der Waals surface area contributed by atoms with Crippen molar-refractivity contribution in [2.75, 3.05) is 10.2 Å². The third-order valence-electron chi connectivity index (χ3n) is 4.63. The second-order valence-corrected chi connectivity index (χ2v) is 8.11. The maximum Gasteiger partial charge on any atom is 0.328 e. The van der Waals surface area contributed by atoms with Gasteiger partial charge in [-0.25, -0.2) is 9.69 Å². The summed E-state index contributed by atoms with van der Waals surface area (Å²) in [5, 5.41) is 10.6. The highest BCUT2D eigenvalue weighted by Crippen LogP contribution is 2.34. The Balaban J connectivity index is 1.66. The molecule has 7 nitrogen and oxygen atoms in total. The number of carboxylic acids is 1. The van der Waals surface area contributed by atoms with E-state index in [-0.39, 0.29) is 18.2 Å².